The predicted octanol–water partition coefficient (Wildman–Crippen LogP) is 6.07. The van der Waals surface area contributed by atoms with Crippen LogP contribution >= 0.6 is 0 Å². The summed E-state index contributed by atoms with van der Waals surface area (Å²) in [5, 5.41) is 0. The number of esters is 1. The van der Waals surface area contributed by atoms with Crippen LogP contribution in [0.1, 0.15) is 40.5 Å². The summed E-state index contributed by atoms with van der Waals surface area (Å²) in [6, 6.07) is 17.8. The van der Waals surface area contributed by atoms with Gasteiger partial charge >= 0.3 is 5.97 Å². The molecular weight excluding hydrogens is 376 g/mol. The molecule has 5 nitrogen and oxygen atoms in total. The van der Waals surface area contributed by atoms with Crippen molar-refractivity contribution >= 4 is 17.3 Å². The molecule has 0 unspecified atom stereocenters. The van der Waals surface area contributed by atoms with Crippen molar-refractivity contribution in [1.29, 1.82) is 0 Å². The Morgan fingerprint density at radius 1 is 0.933 bits per heavy atom. The lowest BCUT2D eigenvalue weighted by Crippen LogP contribution is -2.30. The van der Waals surface area contributed by atoms with E-state index < -0.39 is 5.41 Å². The van der Waals surface area contributed by atoms with Gasteiger partial charge in [0.05, 0.1) is 30.5 Å². The Hall–Kier alpha value is -2.95. The first kappa shape index (κ1) is 23.3. The second-order valence-electron chi connectivity index (χ2n) is 8.72. The Bertz CT molecular complexity index is 812. The van der Waals surface area contributed by atoms with E-state index >= 15 is 0 Å². The summed E-state index contributed by atoms with van der Waals surface area (Å²) < 4.78 is 10.7. The van der Waals surface area contributed by atoms with Gasteiger partial charge in [-0.05, 0) is 68.5 Å². The number of carbonyl (C=O) groups excluding carboxylic acids is 1. The molecule has 2 rings (SSSR count). The maximum absolute atomic E-state index is 11.9. The standard InChI is InChI=1S/C25H34N2O3/c1-24(2,19-25(3,4)23(28)29-5)17-9-10-18-30-22-15-13-21(14-16-22)27-26-20-11-7-6-8-12-20/h6-9,11-17,26-27H,10,18-19H2,1-5H3. The van der Waals surface area contributed by atoms with Crippen LogP contribution in [0.4, 0.5) is 11.4 Å². The van der Waals surface area contributed by atoms with Crippen LogP contribution in [0.2, 0.25) is 0 Å². The number of methoxy groups -OCH3 is 1. The molecule has 0 aliphatic heterocycles. The van der Waals surface area contributed by atoms with Crippen LogP contribution in [0.15, 0.2) is 66.7 Å². The fourth-order valence-corrected chi connectivity index (χ4v) is 3.49. The van der Waals surface area contributed by atoms with Crippen molar-refractivity contribution in [3.63, 3.8) is 0 Å². The van der Waals surface area contributed by atoms with Crippen LogP contribution in [0.3, 0.4) is 0 Å². The Morgan fingerprint density at radius 2 is 1.53 bits per heavy atom. The number of anilines is 2. The number of carbonyl (C=O) groups is 1. The summed E-state index contributed by atoms with van der Waals surface area (Å²) in [5.74, 6) is 0.656. The van der Waals surface area contributed by atoms with Crippen LogP contribution < -0.4 is 15.6 Å². The van der Waals surface area contributed by atoms with Crippen LogP contribution in [0.5, 0.6) is 5.75 Å². The van der Waals surface area contributed by atoms with Gasteiger partial charge in [0.15, 0.2) is 0 Å². The molecule has 162 valence electrons. The number of allylic oxidation sites excluding steroid dienone is 1. The lowest BCUT2D eigenvalue weighted by Gasteiger charge is -2.30. The molecule has 0 bridgehead atoms. The zero-order valence-corrected chi connectivity index (χ0v) is 18.7. The van der Waals surface area contributed by atoms with Gasteiger partial charge in [0, 0.05) is 0 Å². The molecule has 5 heteroatoms. The maximum atomic E-state index is 11.9. The molecule has 0 aliphatic carbocycles. The average Bonchev–Trinajstić information content (AvgIpc) is 2.72. The zero-order chi connectivity index (χ0) is 22.0. The zero-order valence-electron chi connectivity index (χ0n) is 18.7. The third kappa shape index (κ3) is 7.82. The third-order valence-corrected chi connectivity index (χ3v) is 4.74. The number of benzene rings is 2. The number of rotatable bonds is 11. The minimum atomic E-state index is -0.510. The van der Waals surface area contributed by atoms with Crippen LogP contribution in [0, 0.1) is 10.8 Å². The van der Waals surface area contributed by atoms with Gasteiger partial charge in [0.1, 0.15) is 5.75 Å². The monoisotopic (exact) mass is 410 g/mol. The van der Waals surface area contributed by atoms with Gasteiger partial charge in [-0.2, -0.15) is 0 Å². The summed E-state index contributed by atoms with van der Waals surface area (Å²) in [6.45, 7) is 8.70. The van der Waals surface area contributed by atoms with E-state index in [1.54, 1.807) is 0 Å². The molecule has 0 radical (unpaired) electrons. The molecule has 0 saturated carbocycles. The fraction of sp³-hybridized carbons (Fsp3) is 0.400. The highest BCUT2D eigenvalue weighted by Crippen LogP contribution is 2.35. The molecule has 2 aromatic rings. The second kappa shape index (κ2) is 10.7. The first-order valence-corrected chi connectivity index (χ1v) is 10.3. The van der Waals surface area contributed by atoms with Gasteiger partial charge in [-0.3, -0.25) is 4.79 Å². The number of para-hydroxylation sites is 1. The van der Waals surface area contributed by atoms with Crippen molar-refractivity contribution < 1.29 is 14.3 Å². The van der Waals surface area contributed by atoms with E-state index in [9.17, 15) is 4.79 Å². The van der Waals surface area contributed by atoms with E-state index in [1.807, 2.05) is 68.4 Å². The molecule has 2 aromatic carbocycles. The second-order valence-corrected chi connectivity index (χ2v) is 8.72. The molecule has 2 N–H and O–H groups in total. The molecule has 0 fully saturated rings. The third-order valence-electron chi connectivity index (χ3n) is 4.74. The predicted molar refractivity (Wildman–Crippen MR) is 124 cm³/mol. The van der Waals surface area contributed by atoms with Gasteiger partial charge in [0.2, 0.25) is 0 Å². The molecule has 0 aromatic heterocycles. The molecule has 0 amide bonds. The Labute approximate surface area is 180 Å². The van der Waals surface area contributed by atoms with Gasteiger partial charge < -0.3 is 20.3 Å². The summed E-state index contributed by atoms with van der Waals surface area (Å²) >= 11 is 0. The topological polar surface area (TPSA) is 59.6 Å². The van der Waals surface area contributed by atoms with Crippen LogP contribution in [0.25, 0.3) is 0 Å². The SMILES string of the molecule is COC(=O)C(C)(C)CC(C)(C)C=CCCOc1ccc(NNc2ccccc2)cc1. The largest absolute Gasteiger partial charge is 0.493 e. The quantitative estimate of drug-likeness (QED) is 0.204. The van der Waals surface area contributed by atoms with Crippen molar-refractivity contribution in [3.8, 4) is 5.75 Å². The maximum Gasteiger partial charge on any atom is 0.311 e. The van der Waals surface area contributed by atoms with Crippen LogP contribution in [-0.2, 0) is 9.53 Å². The van der Waals surface area contributed by atoms with E-state index in [-0.39, 0.29) is 11.4 Å². The summed E-state index contributed by atoms with van der Waals surface area (Å²) in [7, 11) is 1.44. The summed E-state index contributed by atoms with van der Waals surface area (Å²) in [6.07, 6.45) is 5.80. The molecule has 0 saturated heterocycles. The van der Waals surface area contributed by atoms with Gasteiger partial charge in [-0.15, -0.1) is 0 Å². The first-order chi connectivity index (χ1) is 14.2. The highest BCUT2D eigenvalue weighted by Gasteiger charge is 2.34. The van der Waals surface area contributed by atoms with Gasteiger partial charge in [0.25, 0.3) is 0 Å². The molecule has 30 heavy (non-hydrogen) atoms. The van der Waals surface area contributed by atoms with E-state index in [0.717, 1.165) is 30.0 Å². The number of hydrazine groups is 1. The summed E-state index contributed by atoms with van der Waals surface area (Å²) in [4.78, 5) is 11.9. The number of hydrogen-bond donors (Lipinski definition) is 2. The Balaban J connectivity index is 1.73. The van der Waals surface area contributed by atoms with Crippen molar-refractivity contribution in [2.45, 2.75) is 40.5 Å². The molecule has 0 atom stereocenters. The normalized spacial score (nSPS) is 11.9. The molecule has 0 heterocycles. The summed E-state index contributed by atoms with van der Waals surface area (Å²) in [5.41, 5.74) is 7.67. The van der Waals surface area contributed by atoms with Crippen LogP contribution in [-0.4, -0.2) is 19.7 Å². The average molecular weight is 411 g/mol. The number of hydrogen-bond acceptors (Lipinski definition) is 5. The highest BCUT2D eigenvalue weighted by molar-refractivity contribution is 5.75. The number of ether oxygens (including phenoxy) is 2. The Kier molecular flexibility index (Phi) is 8.34. The minimum Gasteiger partial charge on any atom is -0.493 e. The van der Waals surface area contributed by atoms with Gasteiger partial charge in [-0.1, -0.05) is 44.2 Å². The van der Waals surface area contributed by atoms with E-state index in [1.165, 1.54) is 7.11 Å². The van der Waals surface area contributed by atoms with Crippen molar-refractivity contribution in [3.05, 3.63) is 66.7 Å². The lowest BCUT2D eigenvalue weighted by molar-refractivity contribution is -0.152. The van der Waals surface area contributed by atoms with Crippen molar-refractivity contribution in [2.75, 3.05) is 24.6 Å². The van der Waals surface area contributed by atoms with E-state index in [0.29, 0.717) is 6.61 Å². The first-order valence-electron chi connectivity index (χ1n) is 10.3. The fourth-order valence-electron chi connectivity index (χ4n) is 3.49. The Morgan fingerprint density at radius 3 is 2.13 bits per heavy atom. The lowest BCUT2D eigenvalue weighted by atomic mass is 9.75. The minimum absolute atomic E-state index is 0.100. The van der Waals surface area contributed by atoms with Gasteiger partial charge in [-0.25, -0.2) is 0 Å². The molecule has 0 aliphatic rings. The van der Waals surface area contributed by atoms with E-state index in [2.05, 4.69) is 36.9 Å². The number of nitrogens with one attached hydrogen (secondary N) is 2. The highest BCUT2D eigenvalue weighted by atomic mass is 16.5. The molecule has 0 spiro atoms. The molecular formula is C25H34N2O3. The van der Waals surface area contributed by atoms with Crippen molar-refractivity contribution in [2.24, 2.45) is 10.8 Å². The smallest absolute Gasteiger partial charge is 0.311 e. The van der Waals surface area contributed by atoms with E-state index in [4.69, 9.17) is 9.47 Å². The van der Waals surface area contributed by atoms with Crippen molar-refractivity contribution in [1.82, 2.24) is 0 Å².